The fraction of sp³-hybridized carbons (Fsp3) is 0.400. The van der Waals surface area contributed by atoms with Crippen LogP contribution in [0.15, 0.2) is 35.3 Å². The highest BCUT2D eigenvalue weighted by atomic mass is 16.5. The summed E-state index contributed by atoms with van der Waals surface area (Å²) >= 11 is 0. The van der Waals surface area contributed by atoms with E-state index in [1.54, 1.807) is 25.3 Å². The number of carbonyl (C=O) groups excluding carboxylic acids is 1. The van der Waals surface area contributed by atoms with Gasteiger partial charge in [0.25, 0.3) is 5.56 Å². The first-order chi connectivity index (χ1) is 11.8. The Morgan fingerprint density at radius 2 is 1.88 bits per heavy atom. The average Bonchev–Trinajstić information content (AvgIpc) is 2.56. The third-order valence-corrected chi connectivity index (χ3v) is 4.12. The van der Waals surface area contributed by atoms with Gasteiger partial charge in [0.1, 0.15) is 6.04 Å². The fourth-order valence-electron chi connectivity index (χ4n) is 2.85. The highest BCUT2D eigenvalue weighted by Crippen LogP contribution is 2.23. The van der Waals surface area contributed by atoms with Crippen LogP contribution in [0.5, 0.6) is 5.75 Å². The zero-order valence-corrected chi connectivity index (χ0v) is 15.6. The summed E-state index contributed by atoms with van der Waals surface area (Å²) in [4.78, 5) is 25.2. The molecule has 1 N–H and O–H groups in total. The van der Waals surface area contributed by atoms with Crippen molar-refractivity contribution in [3.05, 3.63) is 57.5 Å². The number of ether oxygens (including phenoxy) is 1. The minimum Gasteiger partial charge on any atom is -0.488 e. The molecule has 25 heavy (non-hydrogen) atoms. The second-order valence-corrected chi connectivity index (χ2v) is 6.37. The molecule has 0 aliphatic heterocycles. The van der Waals surface area contributed by atoms with E-state index in [0.717, 1.165) is 28.8 Å². The van der Waals surface area contributed by atoms with Crippen molar-refractivity contribution >= 4 is 11.6 Å². The smallest absolute Gasteiger partial charge is 0.293 e. The number of rotatable bonds is 6. The number of anilines is 1. The Morgan fingerprint density at radius 1 is 1.24 bits per heavy atom. The molecule has 1 heterocycles. The van der Waals surface area contributed by atoms with Crippen LogP contribution in [0.3, 0.4) is 0 Å². The lowest BCUT2D eigenvalue weighted by atomic mass is 10.0. The number of amides is 1. The monoisotopic (exact) mass is 342 g/mol. The van der Waals surface area contributed by atoms with Crippen LogP contribution in [0.25, 0.3) is 0 Å². The van der Waals surface area contributed by atoms with Crippen LogP contribution in [0.4, 0.5) is 5.69 Å². The van der Waals surface area contributed by atoms with Gasteiger partial charge in [-0.3, -0.25) is 9.59 Å². The third-order valence-electron chi connectivity index (χ3n) is 4.12. The van der Waals surface area contributed by atoms with Crippen LogP contribution in [-0.2, 0) is 4.79 Å². The van der Waals surface area contributed by atoms with Gasteiger partial charge in [-0.1, -0.05) is 24.6 Å². The zero-order chi connectivity index (χ0) is 18.6. The number of aromatic nitrogens is 1. The Morgan fingerprint density at radius 3 is 2.48 bits per heavy atom. The molecule has 2 rings (SSSR count). The van der Waals surface area contributed by atoms with E-state index in [2.05, 4.69) is 5.32 Å². The summed E-state index contributed by atoms with van der Waals surface area (Å²) in [5.41, 5.74) is 3.67. The molecule has 0 saturated heterocycles. The molecule has 1 aromatic heterocycles. The van der Waals surface area contributed by atoms with Crippen molar-refractivity contribution in [2.75, 3.05) is 11.9 Å². The summed E-state index contributed by atoms with van der Waals surface area (Å²) in [6, 6.07) is 6.77. The van der Waals surface area contributed by atoms with Gasteiger partial charge in [-0.05, 0) is 57.4 Å². The number of benzene rings is 1. The van der Waals surface area contributed by atoms with Crippen LogP contribution in [0, 0.1) is 20.8 Å². The average molecular weight is 342 g/mol. The van der Waals surface area contributed by atoms with E-state index in [0.29, 0.717) is 6.61 Å². The minimum absolute atomic E-state index is 0.232. The van der Waals surface area contributed by atoms with Crippen molar-refractivity contribution in [2.24, 2.45) is 0 Å². The summed E-state index contributed by atoms with van der Waals surface area (Å²) in [5.74, 6) is 0.0384. The first-order valence-corrected chi connectivity index (χ1v) is 8.57. The maximum atomic E-state index is 12.7. The van der Waals surface area contributed by atoms with Crippen LogP contribution < -0.4 is 15.6 Å². The summed E-state index contributed by atoms with van der Waals surface area (Å²) in [6.07, 6.45) is 2.43. The molecule has 0 bridgehead atoms. The number of nitrogens with zero attached hydrogens (tertiary/aromatic N) is 1. The molecular weight excluding hydrogens is 316 g/mol. The number of pyridine rings is 1. The molecule has 0 fully saturated rings. The molecule has 0 saturated carbocycles. The second-order valence-electron chi connectivity index (χ2n) is 6.37. The molecule has 1 unspecified atom stereocenters. The number of aryl methyl sites for hydroxylation is 3. The molecular formula is C20H26N2O3. The van der Waals surface area contributed by atoms with Gasteiger partial charge < -0.3 is 14.6 Å². The SMILES string of the molecule is CCCOc1cccn(C(C)C(=O)Nc2c(C)cc(C)cc2C)c1=O. The van der Waals surface area contributed by atoms with Gasteiger partial charge in [0.05, 0.1) is 6.61 Å². The van der Waals surface area contributed by atoms with Gasteiger partial charge in [-0.2, -0.15) is 0 Å². The molecule has 0 aliphatic rings. The highest BCUT2D eigenvalue weighted by molar-refractivity contribution is 5.95. The van der Waals surface area contributed by atoms with E-state index < -0.39 is 6.04 Å². The highest BCUT2D eigenvalue weighted by Gasteiger charge is 2.19. The minimum atomic E-state index is -0.641. The first-order valence-electron chi connectivity index (χ1n) is 8.57. The number of hydrogen-bond acceptors (Lipinski definition) is 3. The van der Waals surface area contributed by atoms with Crippen molar-refractivity contribution in [1.29, 1.82) is 0 Å². The van der Waals surface area contributed by atoms with Crippen molar-refractivity contribution in [3.8, 4) is 5.75 Å². The van der Waals surface area contributed by atoms with Crippen molar-refractivity contribution < 1.29 is 9.53 Å². The number of hydrogen-bond donors (Lipinski definition) is 1. The Bertz CT molecular complexity index is 801. The zero-order valence-electron chi connectivity index (χ0n) is 15.6. The summed E-state index contributed by atoms with van der Waals surface area (Å²) in [7, 11) is 0. The van der Waals surface area contributed by atoms with Crippen LogP contribution >= 0.6 is 0 Å². The molecule has 5 heteroatoms. The van der Waals surface area contributed by atoms with Crippen LogP contribution in [0.1, 0.15) is 43.0 Å². The molecule has 2 aromatic rings. The van der Waals surface area contributed by atoms with Crippen molar-refractivity contribution in [1.82, 2.24) is 4.57 Å². The van der Waals surface area contributed by atoms with E-state index in [-0.39, 0.29) is 17.2 Å². The van der Waals surface area contributed by atoms with E-state index in [1.165, 1.54) is 4.57 Å². The summed E-state index contributed by atoms with van der Waals surface area (Å²) < 4.78 is 6.86. The van der Waals surface area contributed by atoms with Gasteiger partial charge in [-0.15, -0.1) is 0 Å². The Kier molecular flexibility index (Phi) is 6.02. The maximum Gasteiger partial charge on any atom is 0.293 e. The molecule has 0 aliphatic carbocycles. The van der Waals surface area contributed by atoms with Gasteiger partial charge in [-0.25, -0.2) is 0 Å². The summed E-state index contributed by atoms with van der Waals surface area (Å²) in [6.45, 7) is 10.1. The van der Waals surface area contributed by atoms with Gasteiger partial charge in [0.15, 0.2) is 5.75 Å². The Hall–Kier alpha value is -2.56. The lowest BCUT2D eigenvalue weighted by Crippen LogP contribution is -2.32. The van der Waals surface area contributed by atoms with E-state index in [4.69, 9.17) is 4.74 Å². The van der Waals surface area contributed by atoms with Crippen LogP contribution in [0.2, 0.25) is 0 Å². The normalized spacial score (nSPS) is 11.9. The van der Waals surface area contributed by atoms with Crippen LogP contribution in [-0.4, -0.2) is 17.1 Å². The second kappa shape index (κ2) is 8.01. The van der Waals surface area contributed by atoms with Crippen molar-refractivity contribution in [3.63, 3.8) is 0 Å². The van der Waals surface area contributed by atoms with E-state index in [1.807, 2.05) is 39.8 Å². The molecule has 0 radical (unpaired) electrons. The van der Waals surface area contributed by atoms with Gasteiger partial charge in [0, 0.05) is 11.9 Å². The number of nitrogens with one attached hydrogen (secondary N) is 1. The van der Waals surface area contributed by atoms with Gasteiger partial charge in [0.2, 0.25) is 5.91 Å². The van der Waals surface area contributed by atoms with E-state index in [9.17, 15) is 9.59 Å². The number of carbonyl (C=O) groups is 1. The standard InChI is InChI=1S/C20H26N2O3/c1-6-10-25-17-8-7-9-22(20(17)24)16(5)19(23)21-18-14(3)11-13(2)12-15(18)4/h7-9,11-12,16H,6,10H2,1-5H3,(H,21,23). The topological polar surface area (TPSA) is 60.3 Å². The molecule has 1 atom stereocenters. The molecule has 5 nitrogen and oxygen atoms in total. The third kappa shape index (κ3) is 4.29. The lowest BCUT2D eigenvalue weighted by molar-refractivity contribution is -0.118. The fourth-order valence-corrected chi connectivity index (χ4v) is 2.85. The molecule has 1 amide bonds. The van der Waals surface area contributed by atoms with E-state index >= 15 is 0 Å². The summed E-state index contributed by atoms with van der Waals surface area (Å²) in [5, 5.41) is 2.95. The quantitative estimate of drug-likeness (QED) is 0.869. The predicted octanol–water partition coefficient (Wildman–Crippen LogP) is 3.76. The first kappa shape index (κ1) is 18.8. The largest absolute Gasteiger partial charge is 0.488 e. The Balaban J connectivity index is 2.25. The maximum absolute atomic E-state index is 12.7. The van der Waals surface area contributed by atoms with Gasteiger partial charge >= 0.3 is 0 Å². The molecule has 0 spiro atoms. The predicted molar refractivity (Wildman–Crippen MR) is 100 cm³/mol. The molecule has 1 aromatic carbocycles. The van der Waals surface area contributed by atoms with Crippen molar-refractivity contribution in [2.45, 2.75) is 47.1 Å². The molecule has 134 valence electrons. The Labute approximate surface area is 148 Å². The lowest BCUT2D eigenvalue weighted by Gasteiger charge is -2.18.